The summed E-state index contributed by atoms with van der Waals surface area (Å²) in [5.41, 5.74) is 2.37. The summed E-state index contributed by atoms with van der Waals surface area (Å²) in [6.45, 7) is 1.92. The lowest BCUT2D eigenvalue weighted by Crippen LogP contribution is -2.06. The van der Waals surface area contributed by atoms with E-state index in [2.05, 4.69) is 10.6 Å². The van der Waals surface area contributed by atoms with Crippen LogP contribution in [0.2, 0.25) is 15.1 Å². The van der Waals surface area contributed by atoms with Crippen molar-refractivity contribution in [1.82, 2.24) is 0 Å². The molecule has 1 amide bonds. The minimum absolute atomic E-state index is 0.104. The molecule has 2 aromatic carbocycles. The van der Waals surface area contributed by atoms with E-state index < -0.39 is 0 Å². The largest absolute Gasteiger partial charge is 0.381 e. The molecule has 0 aromatic heterocycles. The summed E-state index contributed by atoms with van der Waals surface area (Å²) in [5, 5.41) is 7.40. The fraction of sp³-hybridized carbons (Fsp3) is 0.133. The van der Waals surface area contributed by atoms with Crippen molar-refractivity contribution < 1.29 is 4.79 Å². The number of carbonyl (C=O) groups is 1. The average Bonchev–Trinajstić information content (AvgIpc) is 2.44. The van der Waals surface area contributed by atoms with E-state index in [9.17, 15) is 4.79 Å². The molecule has 0 heterocycles. The molecule has 0 saturated carbocycles. The number of halogens is 3. The standard InChI is InChI=1S/C15H13Cl3N2O/c1-9(21)20-11-4-2-10(3-5-11)19-8-12-13(16)6-7-14(17)15(12)18/h2-7,19H,8H2,1H3,(H,20,21). The van der Waals surface area contributed by atoms with Gasteiger partial charge in [0.25, 0.3) is 0 Å². The smallest absolute Gasteiger partial charge is 0.221 e. The van der Waals surface area contributed by atoms with Gasteiger partial charge >= 0.3 is 0 Å². The van der Waals surface area contributed by atoms with Crippen LogP contribution in [-0.2, 0) is 11.3 Å². The molecule has 0 saturated heterocycles. The van der Waals surface area contributed by atoms with Crippen molar-refractivity contribution in [2.75, 3.05) is 10.6 Å². The molecular weight excluding hydrogens is 331 g/mol. The molecule has 110 valence electrons. The zero-order valence-electron chi connectivity index (χ0n) is 11.2. The van der Waals surface area contributed by atoms with Crippen molar-refractivity contribution in [2.45, 2.75) is 13.5 Å². The van der Waals surface area contributed by atoms with Crippen LogP contribution in [0.1, 0.15) is 12.5 Å². The number of rotatable bonds is 4. The van der Waals surface area contributed by atoms with Gasteiger partial charge in [0.2, 0.25) is 5.91 Å². The van der Waals surface area contributed by atoms with Crippen LogP contribution >= 0.6 is 34.8 Å². The maximum absolute atomic E-state index is 10.9. The van der Waals surface area contributed by atoms with Gasteiger partial charge in [0.05, 0.1) is 10.0 Å². The average molecular weight is 344 g/mol. The first-order chi connectivity index (χ1) is 9.97. The highest BCUT2D eigenvalue weighted by Gasteiger charge is 2.09. The molecule has 2 N–H and O–H groups in total. The van der Waals surface area contributed by atoms with Crippen molar-refractivity contribution in [3.8, 4) is 0 Å². The van der Waals surface area contributed by atoms with Gasteiger partial charge in [-0.3, -0.25) is 4.79 Å². The van der Waals surface area contributed by atoms with Crippen LogP contribution in [0.5, 0.6) is 0 Å². The lowest BCUT2D eigenvalue weighted by Gasteiger charge is -2.11. The third-order valence-corrected chi connectivity index (χ3v) is 4.01. The molecule has 0 spiro atoms. The SMILES string of the molecule is CC(=O)Nc1ccc(NCc2c(Cl)ccc(Cl)c2Cl)cc1. The Kier molecular flexibility index (Phi) is 5.34. The Bertz CT molecular complexity index is 657. The van der Waals surface area contributed by atoms with E-state index >= 15 is 0 Å². The van der Waals surface area contributed by atoms with Gasteiger partial charge in [-0.2, -0.15) is 0 Å². The van der Waals surface area contributed by atoms with Crippen LogP contribution in [0.3, 0.4) is 0 Å². The molecule has 0 aliphatic rings. The first-order valence-corrected chi connectivity index (χ1v) is 7.34. The Morgan fingerprint density at radius 3 is 2.14 bits per heavy atom. The highest BCUT2D eigenvalue weighted by molar-refractivity contribution is 6.44. The lowest BCUT2D eigenvalue weighted by atomic mass is 10.2. The van der Waals surface area contributed by atoms with Crippen LogP contribution in [0, 0.1) is 0 Å². The normalized spacial score (nSPS) is 10.3. The second kappa shape index (κ2) is 7.03. The summed E-state index contributed by atoms with van der Waals surface area (Å²) < 4.78 is 0. The third-order valence-electron chi connectivity index (χ3n) is 2.81. The molecule has 2 rings (SSSR count). The maximum atomic E-state index is 10.9. The predicted molar refractivity (Wildman–Crippen MR) is 89.5 cm³/mol. The van der Waals surface area contributed by atoms with Gasteiger partial charge in [0.15, 0.2) is 0 Å². The van der Waals surface area contributed by atoms with Crippen LogP contribution in [0.25, 0.3) is 0 Å². The zero-order valence-corrected chi connectivity index (χ0v) is 13.5. The molecule has 21 heavy (non-hydrogen) atoms. The Labute approximate surface area is 138 Å². The molecule has 0 aliphatic heterocycles. The van der Waals surface area contributed by atoms with Crippen molar-refractivity contribution in [1.29, 1.82) is 0 Å². The van der Waals surface area contributed by atoms with Crippen molar-refractivity contribution in [3.05, 3.63) is 57.0 Å². The second-order valence-corrected chi connectivity index (χ2v) is 5.63. The summed E-state index contributed by atoms with van der Waals surface area (Å²) >= 11 is 18.2. The van der Waals surface area contributed by atoms with E-state index in [0.29, 0.717) is 21.6 Å². The molecule has 0 fully saturated rings. The van der Waals surface area contributed by atoms with Gasteiger partial charge in [0.1, 0.15) is 0 Å². The summed E-state index contributed by atoms with van der Waals surface area (Å²) in [4.78, 5) is 10.9. The molecule has 0 radical (unpaired) electrons. The van der Waals surface area contributed by atoms with E-state index in [-0.39, 0.29) is 5.91 Å². The monoisotopic (exact) mass is 342 g/mol. The van der Waals surface area contributed by atoms with Crippen molar-refractivity contribution in [2.24, 2.45) is 0 Å². The first-order valence-electron chi connectivity index (χ1n) is 6.21. The van der Waals surface area contributed by atoms with E-state index in [1.54, 1.807) is 12.1 Å². The highest BCUT2D eigenvalue weighted by Crippen LogP contribution is 2.31. The van der Waals surface area contributed by atoms with Crippen molar-refractivity contribution in [3.63, 3.8) is 0 Å². The van der Waals surface area contributed by atoms with E-state index in [4.69, 9.17) is 34.8 Å². The molecule has 0 aliphatic carbocycles. The Balaban J connectivity index is 2.07. The number of amides is 1. The molecule has 0 atom stereocenters. The minimum Gasteiger partial charge on any atom is -0.381 e. The fourth-order valence-corrected chi connectivity index (χ4v) is 2.48. The number of nitrogens with one attached hydrogen (secondary N) is 2. The van der Waals surface area contributed by atoms with Gasteiger partial charge in [-0.25, -0.2) is 0 Å². The number of carbonyl (C=O) groups excluding carboxylic acids is 1. The van der Waals surface area contributed by atoms with E-state index in [0.717, 1.165) is 16.9 Å². The van der Waals surface area contributed by atoms with Gasteiger partial charge in [0, 0.05) is 35.4 Å². The van der Waals surface area contributed by atoms with Gasteiger partial charge in [-0.15, -0.1) is 0 Å². The predicted octanol–water partition coefficient (Wildman–Crippen LogP) is 5.22. The summed E-state index contributed by atoms with van der Waals surface area (Å²) in [6.07, 6.45) is 0. The molecule has 2 aromatic rings. The van der Waals surface area contributed by atoms with E-state index in [1.165, 1.54) is 6.92 Å². The molecule has 0 unspecified atom stereocenters. The number of anilines is 2. The Morgan fingerprint density at radius 1 is 0.952 bits per heavy atom. The quantitative estimate of drug-likeness (QED) is 0.747. The topological polar surface area (TPSA) is 41.1 Å². The highest BCUT2D eigenvalue weighted by atomic mass is 35.5. The van der Waals surface area contributed by atoms with E-state index in [1.807, 2.05) is 24.3 Å². The fourth-order valence-electron chi connectivity index (χ4n) is 1.80. The molecule has 0 bridgehead atoms. The summed E-state index contributed by atoms with van der Waals surface area (Å²) in [5.74, 6) is -0.104. The van der Waals surface area contributed by atoms with Gasteiger partial charge in [-0.1, -0.05) is 34.8 Å². The Morgan fingerprint density at radius 2 is 1.52 bits per heavy atom. The van der Waals surface area contributed by atoms with Gasteiger partial charge in [-0.05, 0) is 36.4 Å². The van der Waals surface area contributed by atoms with Crippen LogP contribution in [-0.4, -0.2) is 5.91 Å². The van der Waals surface area contributed by atoms with Crippen LogP contribution in [0.4, 0.5) is 11.4 Å². The Hall–Kier alpha value is -1.42. The number of hydrogen-bond acceptors (Lipinski definition) is 2. The first kappa shape index (κ1) is 16.0. The molecular formula is C15H13Cl3N2O. The lowest BCUT2D eigenvalue weighted by molar-refractivity contribution is -0.114. The maximum Gasteiger partial charge on any atom is 0.221 e. The second-order valence-electron chi connectivity index (χ2n) is 4.43. The van der Waals surface area contributed by atoms with Crippen LogP contribution < -0.4 is 10.6 Å². The van der Waals surface area contributed by atoms with Crippen molar-refractivity contribution >= 4 is 52.1 Å². The van der Waals surface area contributed by atoms with Crippen LogP contribution in [0.15, 0.2) is 36.4 Å². The molecule has 3 nitrogen and oxygen atoms in total. The third kappa shape index (κ3) is 4.27. The summed E-state index contributed by atoms with van der Waals surface area (Å²) in [6, 6.07) is 10.7. The number of benzene rings is 2. The minimum atomic E-state index is -0.104. The zero-order chi connectivity index (χ0) is 15.4. The molecule has 6 heteroatoms. The summed E-state index contributed by atoms with van der Waals surface area (Å²) in [7, 11) is 0. The number of hydrogen-bond donors (Lipinski definition) is 2. The van der Waals surface area contributed by atoms with Gasteiger partial charge < -0.3 is 10.6 Å².